The fourth-order valence-corrected chi connectivity index (χ4v) is 3.64. The molecule has 2 N–H and O–H groups in total. The van der Waals surface area contributed by atoms with E-state index >= 15 is 0 Å². The van der Waals surface area contributed by atoms with Crippen LogP contribution in [-0.4, -0.2) is 22.6 Å². The smallest absolute Gasteiger partial charge is 0.191 e. The molecule has 0 radical (unpaired) electrons. The van der Waals surface area contributed by atoms with Crippen LogP contribution in [0.2, 0.25) is 0 Å². The molecule has 0 amide bonds. The average Bonchev–Trinajstić information content (AvgIpc) is 3.32. The van der Waals surface area contributed by atoms with Crippen molar-refractivity contribution in [2.45, 2.75) is 46.7 Å². The number of benzene rings is 1. The Kier molecular flexibility index (Phi) is 9.09. The third kappa shape index (κ3) is 6.53. The summed E-state index contributed by atoms with van der Waals surface area (Å²) in [5.41, 5.74) is 3.15. The lowest BCUT2D eigenvalue weighted by Gasteiger charge is -2.10. The Hall–Kier alpha value is -1.94. The maximum atomic E-state index is 5.37. The summed E-state index contributed by atoms with van der Waals surface area (Å²) < 4.78 is 5.37. The van der Waals surface area contributed by atoms with Crippen LogP contribution >= 0.6 is 35.3 Å². The van der Waals surface area contributed by atoms with Crippen LogP contribution in [0.4, 0.5) is 0 Å². The molecule has 2 heterocycles. The predicted octanol–water partition coefficient (Wildman–Crippen LogP) is 5.10. The SMILES string of the molecule is CCNC(=NCc1cc(C(C)C)no1)NCc1sc(-c2ccccc2)nc1C.I. The molecule has 6 nitrogen and oxygen atoms in total. The van der Waals surface area contributed by atoms with Crippen molar-refractivity contribution in [2.75, 3.05) is 6.54 Å². The highest BCUT2D eigenvalue weighted by molar-refractivity contribution is 14.0. The molecule has 0 unspecified atom stereocenters. The number of guanidine groups is 1. The standard InChI is InChI=1S/C21H27N5OS.HI/c1-5-22-21(23-12-17-11-18(14(2)3)26-27-17)24-13-19-15(4)25-20(28-19)16-9-7-6-8-10-16;/h6-11,14H,5,12-13H2,1-4H3,(H2,22,23,24);1H. The number of rotatable bonds is 7. The van der Waals surface area contributed by atoms with Crippen LogP contribution in [0, 0.1) is 6.92 Å². The summed E-state index contributed by atoms with van der Waals surface area (Å²) in [7, 11) is 0. The van der Waals surface area contributed by atoms with Crippen LogP contribution in [0.3, 0.4) is 0 Å². The minimum Gasteiger partial charge on any atom is -0.359 e. The number of hydrogen-bond donors (Lipinski definition) is 2. The molecule has 0 atom stereocenters. The largest absolute Gasteiger partial charge is 0.359 e. The molecular weight excluding hydrogens is 497 g/mol. The van der Waals surface area contributed by atoms with E-state index in [0.29, 0.717) is 19.0 Å². The van der Waals surface area contributed by atoms with Crippen LogP contribution in [0.1, 0.15) is 48.7 Å². The van der Waals surface area contributed by atoms with Gasteiger partial charge in [0.05, 0.1) is 17.9 Å². The second-order valence-corrected chi connectivity index (χ2v) is 7.90. The van der Waals surface area contributed by atoms with Crippen LogP contribution in [0.5, 0.6) is 0 Å². The predicted molar refractivity (Wildman–Crippen MR) is 130 cm³/mol. The molecule has 0 saturated heterocycles. The third-order valence-corrected chi connectivity index (χ3v) is 5.44. The first kappa shape index (κ1) is 23.3. The van der Waals surface area contributed by atoms with Gasteiger partial charge in [-0.15, -0.1) is 35.3 Å². The lowest BCUT2D eigenvalue weighted by Crippen LogP contribution is -2.36. The zero-order valence-electron chi connectivity index (χ0n) is 17.2. The Morgan fingerprint density at radius 3 is 2.62 bits per heavy atom. The highest BCUT2D eigenvalue weighted by Crippen LogP contribution is 2.27. The summed E-state index contributed by atoms with van der Waals surface area (Å²) in [6, 6.07) is 12.2. The number of aryl methyl sites for hydroxylation is 1. The van der Waals surface area contributed by atoms with Crippen LogP contribution in [-0.2, 0) is 13.1 Å². The summed E-state index contributed by atoms with van der Waals surface area (Å²) in [5.74, 6) is 1.86. The van der Waals surface area contributed by atoms with E-state index in [1.54, 1.807) is 11.3 Å². The van der Waals surface area contributed by atoms with E-state index in [1.807, 2.05) is 38.1 Å². The number of halogens is 1. The Morgan fingerprint density at radius 1 is 1.21 bits per heavy atom. The monoisotopic (exact) mass is 525 g/mol. The van der Waals surface area contributed by atoms with Gasteiger partial charge in [0.1, 0.15) is 11.6 Å². The second-order valence-electron chi connectivity index (χ2n) is 6.82. The van der Waals surface area contributed by atoms with E-state index in [-0.39, 0.29) is 24.0 Å². The fraction of sp³-hybridized carbons (Fsp3) is 0.381. The zero-order chi connectivity index (χ0) is 19.9. The van der Waals surface area contributed by atoms with E-state index in [0.717, 1.165) is 40.2 Å². The van der Waals surface area contributed by atoms with E-state index < -0.39 is 0 Å². The number of hydrogen-bond acceptors (Lipinski definition) is 5. The van der Waals surface area contributed by atoms with Crippen LogP contribution in [0.15, 0.2) is 45.9 Å². The number of aliphatic imine (C=N–C) groups is 1. The van der Waals surface area contributed by atoms with Gasteiger partial charge in [-0.3, -0.25) is 0 Å². The molecule has 2 aromatic heterocycles. The van der Waals surface area contributed by atoms with Gasteiger partial charge in [0.25, 0.3) is 0 Å². The highest BCUT2D eigenvalue weighted by Gasteiger charge is 2.11. The van der Waals surface area contributed by atoms with Crippen molar-refractivity contribution >= 4 is 41.3 Å². The minimum absolute atomic E-state index is 0. The molecule has 0 aliphatic rings. The van der Waals surface area contributed by atoms with Crippen LogP contribution in [0.25, 0.3) is 10.6 Å². The van der Waals surface area contributed by atoms with Crippen molar-refractivity contribution in [1.29, 1.82) is 0 Å². The Balaban J connectivity index is 0.00000300. The normalized spacial score (nSPS) is 11.4. The van der Waals surface area contributed by atoms with Crippen molar-refractivity contribution < 1.29 is 4.52 Å². The van der Waals surface area contributed by atoms with Gasteiger partial charge in [-0.1, -0.05) is 49.3 Å². The Bertz CT molecular complexity index is 920. The molecular formula is C21H28IN5OS. The van der Waals surface area contributed by atoms with Crippen molar-refractivity contribution in [1.82, 2.24) is 20.8 Å². The van der Waals surface area contributed by atoms with Crippen LogP contribution < -0.4 is 10.6 Å². The van der Waals surface area contributed by atoms with E-state index in [1.165, 1.54) is 4.88 Å². The Labute approximate surface area is 193 Å². The Morgan fingerprint density at radius 2 is 1.97 bits per heavy atom. The van der Waals surface area contributed by atoms with Gasteiger partial charge in [-0.2, -0.15) is 0 Å². The van der Waals surface area contributed by atoms with Gasteiger partial charge in [0, 0.05) is 23.1 Å². The summed E-state index contributed by atoms with van der Waals surface area (Å²) in [6.45, 7) is 10.2. The molecule has 0 aliphatic carbocycles. The van der Waals surface area contributed by atoms with E-state index in [4.69, 9.17) is 9.51 Å². The molecule has 0 aliphatic heterocycles. The zero-order valence-corrected chi connectivity index (χ0v) is 20.4. The number of nitrogens with one attached hydrogen (secondary N) is 2. The molecule has 1 aromatic carbocycles. The molecule has 3 aromatic rings. The summed E-state index contributed by atoms with van der Waals surface area (Å²) in [5, 5.41) is 11.8. The topological polar surface area (TPSA) is 75.3 Å². The first-order valence-corrected chi connectivity index (χ1v) is 10.4. The number of thiazole rings is 1. The van der Waals surface area contributed by atoms with Crippen molar-refractivity contribution in [3.63, 3.8) is 0 Å². The van der Waals surface area contributed by atoms with Gasteiger partial charge in [0.15, 0.2) is 11.7 Å². The van der Waals surface area contributed by atoms with Crippen molar-refractivity contribution in [2.24, 2.45) is 4.99 Å². The molecule has 156 valence electrons. The molecule has 0 spiro atoms. The lowest BCUT2D eigenvalue weighted by atomic mass is 10.1. The fourth-order valence-electron chi connectivity index (χ4n) is 2.63. The highest BCUT2D eigenvalue weighted by atomic mass is 127. The third-order valence-electron chi connectivity index (χ3n) is 4.24. The summed E-state index contributed by atoms with van der Waals surface area (Å²) in [4.78, 5) is 10.5. The maximum absolute atomic E-state index is 5.37. The molecule has 8 heteroatoms. The number of aromatic nitrogens is 2. The summed E-state index contributed by atoms with van der Waals surface area (Å²) in [6.07, 6.45) is 0. The first-order chi connectivity index (χ1) is 13.6. The van der Waals surface area contributed by atoms with Crippen molar-refractivity contribution in [3.8, 4) is 10.6 Å². The summed E-state index contributed by atoms with van der Waals surface area (Å²) >= 11 is 1.71. The van der Waals surface area contributed by atoms with Gasteiger partial charge in [-0.25, -0.2) is 9.98 Å². The van der Waals surface area contributed by atoms with E-state index in [2.05, 4.69) is 46.8 Å². The van der Waals surface area contributed by atoms with Crippen molar-refractivity contribution in [3.05, 3.63) is 58.4 Å². The second kappa shape index (κ2) is 11.3. The van der Waals surface area contributed by atoms with Gasteiger partial charge < -0.3 is 15.2 Å². The maximum Gasteiger partial charge on any atom is 0.191 e. The molecule has 0 saturated carbocycles. The minimum atomic E-state index is 0. The van der Waals surface area contributed by atoms with E-state index in [9.17, 15) is 0 Å². The lowest BCUT2D eigenvalue weighted by molar-refractivity contribution is 0.376. The molecule has 3 rings (SSSR count). The quantitative estimate of drug-likeness (QED) is 0.255. The van der Waals surface area contributed by atoms with Gasteiger partial charge in [0.2, 0.25) is 0 Å². The average molecular weight is 525 g/mol. The number of nitrogens with zero attached hydrogens (tertiary/aromatic N) is 3. The van der Waals surface area contributed by atoms with Gasteiger partial charge in [-0.05, 0) is 19.8 Å². The molecule has 29 heavy (non-hydrogen) atoms. The molecule has 0 bridgehead atoms. The first-order valence-electron chi connectivity index (χ1n) is 9.56. The van der Waals surface area contributed by atoms with Gasteiger partial charge >= 0.3 is 0 Å². The molecule has 0 fully saturated rings.